The van der Waals surface area contributed by atoms with Gasteiger partial charge in [0.05, 0.1) is 0 Å². The quantitative estimate of drug-likeness (QED) is 0.206. The number of carboxylic acid groups (broad SMARTS) is 2. The second kappa shape index (κ2) is 17.5. The van der Waals surface area contributed by atoms with E-state index < -0.39 is 36.7 Å². The molecule has 220 valence electrons. The number of amides is 1. The van der Waals surface area contributed by atoms with Gasteiger partial charge in [0.25, 0.3) is 5.91 Å². The Hall–Kier alpha value is -3.23. The van der Waals surface area contributed by atoms with Crippen LogP contribution in [0, 0.1) is 27.7 Å². The summed E-state index contributed by atoms with van der Waals surface area (Å²) in [6.07, 6.45) is 3.74. The first-order valence-corrected chi connectivity index (χ1v) is 14.2. The Morgan fingerprint density at radius 3 is 1.75 bits per heavy atom. The Labute approximate surface area is 238 Å². The molecule has 0 spiro atoms. The van der Waals surface area contributed by atoms with E-state index in [0.29, 0.717) is 13.0 Å². The topological polar surface area (TPSA) is 122 Å². The van der Waals surface area contributed by atoms with Crippen LogP contribution in [0.15, 0.2) is 36.4 Å². The van der Waals surface area contributed by atoms with Crippen LogP contribution in [0.4, 0.5) is 0 Å². The average Bonchev–Trinajstić information content (AvgIpc) is 2.90. The number of aliphatic carboxylic acids is 2. The third kappa shape index (κ3) is 11.9. The summed E-state index contributed by atoms with van der Waals surface area (Å²) in [6.45, 7) is 8.07. The number of carbonyl (C=O) groups is 3. The van der Waals surface area contributed by atoms with Gasteiger partial charge in [-0.25, -0.2) is 9.59 Å². The summed E-state index contributed by atoms with van der Waals surface area (Å²) < 4.78 is 10.7. The maximum absolute atomic E-state index is 12.9. The van der Waals surface area contributed by atoms with Crippen molar-refractivity contribution in [3.8, 4) is 0 Å². The predicted molar refractivity (Wildman–Crippen MR) is 155 cm³/mol. The lowest BCUT2D eigenvalue weighted by molar-refractivity contribution is -0.172. The largest absolute Gasteiger partial charge is 0.480 e. The molecule has 2 rings (SSSR count). The van der Waals surface area contributed by atoms with Gasteiger partial charge >= 0.3 is 11.9 Å². The Kier molecular flexibility index (Phi) is 14.4. The van der Waals surface area contributed by atoms with Gasteiger partial charge in [-0.3, -0.25) is 4.79 Å². The molecule has 3 N–H and O–H groups in total. The van der Waals surface area contributed by atoms with E-state index in [2.05, 4.69) is 69.4 Å². The minimum Gasteiger partial charge on any atom is -0.480 e. The van der Waals surface area contributed by atoms with Gasteiger partial charge in [-0.15, -0.1) is 0 Å². The van der Waals surface area contributed by atoms with Gasteiger partial charge in [0, 0.05) is 13.2 Å². The Morgan fingerprint density at radius 1 is 0.700 bits per heavy atom. The second-order valence-corrected chi connectivity index (χ2v) is 10.5. The molecule has 2 unspecified atom stereocenters. The summed E-state index contributed by atoms with van der Waals surface area (Å²) in [6, 6.07) is 12.9. The number of ether oxygens (including phenoxy) is 2. The SMILES string of the molecule is Cc1ccc(CCCCCNC(=O)C(OCCCCCc2ccc(C)c(C)c2)C(OCC(=O)O)C(=O)O)cc1C. The molecule has 0 aromatic heterocycles. The van der Waals surface area contributed by atoms with Gasteiger partial charge in [0.1, 0.15) is 6.61 Å². The van der Waals surface area contributed by atoms with E-state index in [0.717, 1.165) is 44.9 Å². The molecule has 2 aromatic rings. The summed E-state index contributed by atoms with van der Waals surface area (Å²) in [5.41, 5.74) is 7.62. The molecule has 0 aliphatic carbocycles. The summed E-state index contributed by atoms with van der Waals surface area (Å²) >= 11 is 0. The van der Waals surface area contributed by atoms with Crippen molar-refractivity contribution in [1.82, 2.24) is 5.32 Å². The normalized spacial score (nSPS) is 12.6. The fourth-order valence-corrected chi connectivity index (χ4v) is 4.43. The van der Waals surface area contributed by atoms with Crippen LogP contribution < -0.4 is 5.32 Å². The lowest BCUT2D eigenvalue weighted by Gasteiger charge is -2.23. The molecular formula is C32H45NO7. The Morgan fingerprint density at radius 2 is 1.25 bits per heavy atom. The summed E-state index contributed by atoms with van der Waals surface area (Å²) in [4.78, 5) is 35.7. The molecule has 0 saturated carbocycles. The highest BCUT2D eigenvalue weighted by Gasteiger charge is 2.36. The van der Waals surface area contributed by atoms with E-state index in [1.165, 1.54) is 33.4 Å². The van der Waals surface area contributed by atoms with Crippen molar-refractivity contribution in [1.29, 1.82) is 0 Å². The van der Waals surface area contributed by atoms with E-state index in [9.17, 15) is 19.5 Å². The standard InChI is InChI=1S/C32H45NO7/c1-22-13-15-26(19-24(22)3)11-7-5-9-17-33-31(36)29(30(32(37)38)40-21-28(34)35)39-18-10-6-8-12-27-16-14-23(2)25(4)20-27/h13-16,19-20,29-30H,5-12,17-18,21H2,1-4H3,(H,33,36)(H,34,35)(H,37,38). The van der Waals surface area contributed by atoms with Crippen LogP contribution >= 0.6 is 0 Å². The van der Waals surface area contributed by atoms with Crippen molar-refractivity contribution in [2.75, 3.05) is 19.8 Å². The highest BCUT2D eigenvalue weighted by Crippen LogP contribution is 2.15. The second-order valence-electron chi connectivity index (χ2n) is 10.5. The first kappa shape index (κ1) is 33.0. The molecule has 1 amide bonds. The maximum atomic E-state index is 12.9. The number of hydrogen-bond acceptors (Lipinski definition) is 5. The molecule has 40 heavy (non-hydrogen) atoms. The lowest BCUT2D eigenvalue weighted by atomic mass is 10.0. The number of carboxylic acids is 2. The molecule has 0 aliphatic rings. The first-order valence-electron chi connectivity index (χ1n) is 14.2. The van der Waals surface area contributed by atoms with Crippen molar-refractivity contribution >= 4 is 17.8 Å². The molecule has 0 aliphatic heterocycles. The highest BCUT2D eigenvalue weighted by molar-refractivity contribution is 5.88. The van der Waals surface area contributed by atoms with Crippen LogP contribution in [0.25, 0.3) is 0 Å². The van der Waals surface area contributed by atoms with Crippen LogP contribution in [0.5, 0.6) is 0 Å². The number of carbonyl (C=O) groups excluding carboxylic acids is 1. The van der Waals surface area contributed by atoms with Gasteiger partial charge in [0.15, 0.2) is 12.2 Å². The molecule has 0 fully saturated rings. The average molecular weight is 556 g/mol. The summed E-state index contributed by atoms with van der Waals surface area (Å²) in [5, 5.41) is 21.3. The number of aryl methyl sites for hydroxylation is 6. The molecule has 0 saturated heterocycles. The molecule has 2 aromatic carbocycles. The van der Waals surface area contributed by atoms with Crippen molar-refractivity contribution in [2.24, 2.45) is 0 Å². The van der Waals surface area contributed by atoms with Crippen LogP contribution in [0.2, 0.25) is 0 Å². The third-order valence-corrected chi connectivity index (χ3v) is 7.15. The summed E-state index contributed by atoms with van der Waals surface area (Å²) in [7, 11) is 0. The number of rotatable bonds is 19. The minimum atomic E-state index is -1.71. The number of nitrogens with one attached hydrogen (secondary N) is 1. The van der Waals surface area contributed by atoms with Gasteiger partial charge < -0.3 is 25.0 Å². The Balaban J connectivity index is 1.81. The number of hydrogen-bond donors (Lipinski definition) is 3. The van der Waals surface area contributed by atoms with E-state index >= 15 is 0 Å². The molecule has 0 radical (unpaired) electrons. The smallest absolute Gasteiger partial charge is 0.336 e. The van der Waals surface area contributed by atoms with Crippen molar-refractivity contribution in [3.63, 3.8) is 0 Å². The fraction of sp³-hybridized carbons (Fsp3) is 0.531. The van der Waals surface area contributed by atoms with Gasteiger partial charge in [0.2, 0.25) is 0 Å². The molecule has 8 heteroatoms. The zero-order valence-corrected chi connectivity index (χ0v) is 24.3. The molecule has 0 heterocycles. The zero-order valence-electron chi connectivity index (χ0n) is 24.3. The van der Waals surface area contributed by atoms with Crippen molar-refractivity contribution < 1.29 is 34.1 Å². The third-order valence-electron chi connectivity index (χ3n) is 7.15. The van der Waals surface area contributed by atoms with E-state index in [-0.39, 0.29) is 6.61 Å². The maximum Gasteiger partial charge on any atom is 0.336 e. The molecular weight excluding hydrogens is 510 g/mol. The van der Waals surface area contributed by atoms with Crippen LogP contribution in [-0.2, 0) is 36.7 Å². The van der Waals surface area contributed by atoms with E-state index in [1.807, 2.05) is 0 Å². The Bertz CT molecular complexity index is 1110. The summed E-state index contributed by atoms with van der Waals surface area (Å²) in [5.74, 6) is -3.37. The van der Waals surface area contributed by atoms with Crippen LogP contribution in [0.1, 0.15) is 71.9 Å². The zero-order chi connectivity index (χ0) is 29.5. The molecule has 2 atom stereocenters. The van der Waals surface area contributed by atoms with E-state index in [1.54, 1.807) is 0 Å². The monoisotopic (exact) mass is 555 g/mol. The van der Waals surface area contributed by atoms with Crippen molar-refractivity contribution in [3.05, 3.63) is 69.8 Å². The predicted octanol–water partition coefficient (Wildman–Crippen LogP) is 5.10. The van der Waals surface area contributed by atoms with Gasteiger partial charge in [-0.2, -0.15) is 0 Å². The minimum absolute atomic E-state index is 0.168. The fourth-order valence-electron chi connectivity index (χ4n) is 4.43. The first-order chi connectivity index (χ1) is 19.1. The molecule has 0 bridgehead atoms. The number of benzene rings is 2. The van der Waals surface area contributed by atoms with E-state index in [4.69, 9.17) is 14.6 Å². The molecule has 8 nitrogen and oxygen atoms in total. The van der Waals surface area contributed by atoms with Gasteiger partial charge in [-0.05, 0) is 99.6 Å². The van der Waals surface area contributed by atoms with Crippen LogP contribution in [0.3, 0.4) is 0 Å². The number of unbranched alkanes of at least 4 members (excludes halogenated alkanes) is 4. The highest BCUT2D eigenvalue weighted by atomic mass is 16.6. The van der Waals surface area contributed by atoms with Crippen molar-refractivity contribution in [2.45, 2.75) is 91.3 Å². The lowest BCUT2D eigenvalue weighted by Crippen LogP contribution is -2.49. The van der Waals surface area contributed by atoms with Gasteiger partial charge in [-0.1, -0.05) is 49.2 Å². The van der Waals surface area contributed by atoms with Crippen LogP contribution in [-0.4, -0.2) is 60.0 Å².